The van der Waals surface area contributed by atoms with Gasteiger partial charge < -0.3 is 14.7 Å². The van der Waals surface area contributed by atoms with E-state index in [1.54, 1.807) is 7.11 Å². The molecule has 3 rings (SSSR count). The summed E-state index contributed by atoms with van der Waals surface area (Å²) in [6.07, 6.45) is 3.16. The van der Waals surface area contributed by atoms with Gasteiger partial charge in [0.05, 0.1) is 18.7 Å². The van der Waals surface area contributed by atoms with Crippen molar-refractivity contribution in [1.29, 1.82) is 0 Å². The smallest absolute Gasteiger partial charge is 0.354 e. The van der Waals surface area contributed by atoms with E-state index in [1.807, 2.05) is 29.2 Å². The summed E-state index contributed by atoms with van der Waals surface area (Å²) in [5.74, 6) is -0.452. The van der Waals surface area contributed by atoms with Crippen molar-refractivity contribution in [1.82, 2.24) is 9.88 Å². The number of pyridine rings is 1. The fourth-order valence-corrected chi connectivity index (χ4v) is 3.00. The molecule has 1 aliphatic heterocycles. The average molecular weight is 326 g/mol. The number of hydrogen-bond donors (Lipinski definition) is 1. The number of aromatic carboxylic acids is 1. The van der Waals surface area contributed by atoms with Gasteiger partial charge in [0.25, 0.3) is 5.91 Å². The molecule has 1 amide bonds. The number of carbonyl (C=O) groups is 2. The molecule has 1 saturated heterocycles. The number of hydrogen-bond acceptors (Lipinski definition) is 4. The molecule has 24 heavy (non-hydrogen) atoms. The van der Waals surface area contributed by atoms with Crippen LogP contribution in [-0.4, -0.2) is 40.5 Å². The summed E-state index contributed by atoms with van der Waals surface area (Å²) in [5, 5.41) is 8.89. The van der Waals surface area contributed by atoms with Crippen LogP contribution in [0.15, 0.2) is 42.6 Å². The lowest BCUT2D eigenvalue weighted by molar-refractivity contribution is 0.0685. The zero-order valence-electron chi connectivity index (χ0n) is 13.3. The van der Waals surface area contributed by atoms with Gasteiger partial charge in [-0.1, -0.05) is 12.1 Å². The van der Waals surface area contributed by atoms with Gasteiger partial charge in [-0.3, -0.25) is 4.79 Å². The third kappa shape index (κ3) is 3.08. The molecule has 1 fully saturated rings. The number of aromatic nitrogens is 1. The van der Waals surface area contributed by atoms with E-state index in [4.69, 9.17) is 9.84 Å². The Labute approximate surface area is 139 Å². The highest BCUT2D eigenvalue weighted by molar-refractivity contribution is 5.95. The third-order valence-electron chi connectivity index (χ3n) is 4.24. The van der Waals surface area contributed by atoms with Crippen molar-refractivity contribution < 1.29 is 19.4 Å². The summed E-state index contributed by atoms with van der Waals surface area (Å²) < 4.78 is 5.17. The predicted molar refractivity (Wildman–Crippen MR) is 87.2 cm³/mol. The van der Waals surface area contributed by atoms with Crippen LogP contribution in [-0.2, 0) is 0 Å². The van der Waals surface area contributed by atoms with Gasteiger partial charge in [-0.25, -0.2) is 9.78 Å². The monoisotopic (exact) mass is 326 g/mol. The van der Waals surface area contributed by atoms with E-state index >= 15 is 0 Å². The number of amides is 1. The van der Waals surface area contributed by atoms with E-state index in [-0.39, 0.29) is 17.6 Å². The van der Waals surface area contributed by atoms with E-state index in [1.165, 1.54) is 18.3 Å². The van der Waals surface area contributed by atoms with Gasteiger partial charge in [0.1, 0.15) is 11.4 Å². The molecule has 2 aromatic rings. The minimum Gasteiger partial charge on any atom is -0.497 e. The first kappa shape index (κ1) is 16.0. The average Bonchev–Trinajstić information content (AvgIpc) is 3.11. The van der Waals surface area contributed by atoms with E-state index in [0.717, 1.165) is 24.2 Å². The van der Waals surface area contributed by atoms with Crippen LogP contribution >= 0.6 is 0 Å². The Morgan fingerprint density at radius 1 is 1.21 bits per heavy atom. The molecule has 0 spiro atoms. The van der Waals surface area contributed by atoms with Gasteiger partial charge in [0.15, 0.2) is 0 Å². The molecule has 1 atom stereocenters. The van der Waals surface area contributed by atoms with Gasteiger partial charge in [-0.05, 0) is 42.7 Å². The van der Waals surface area contributed by atoms with E-state index < -0.39 is 5.97 Å². The Morgan fingerprint density at radius 3 is 2.54 bits per heavy atom. The van der Waals surface area contributed by atoms with Crippen molar-refractivity contribution in [3.63, 3.8) is 0 Å². The first-order valence-electron chi connectivity index (χ1n) is 7.74. The van der Waals surface area contributed by atoms with Crippen molar-refractivity contribution in [2.24, 2.45) is 0 Å². The Hall–Kier alpha value is -2.89. The number of carboxylic acid groups (broad SMARTS) is 1. The van der Waals surface area contributed by atoms with Crippen LogP contribution in [0.5, 0.6) is 5.75 Å². The standard InChI is InChI=1S/C18H18N2O4/c1-24-14-7-4-12(5-8-14)16-3-2-10-20(16)17(21)13-6-9-15(18(22)23)19-11-13/h4-9,11,16H,2-3,10H2,1H3,(H,22,23)/t16-/m1/s1. The Balaban J connectivity index is 1.81. The van der Waals surface area contributed by atoms with Crippen LogP contribution in [0.25, 0.3) is 0 Å². The van der Waals surface area contributed by atoms with Crippen LogP contribution in [0.1, 0.15) is 45.3 Å². The first-order valence-corrected chi connectivity index (χ1v) is 7.74. The predicted octanol–water partition coefficient (Wildman–Crippen LogP) is 2.77. The maximum absolute atomic E-state index is 12.7. The molecule has 0 radical (unpaired) electrons. The Morgan fingerprint density at radius 2 is 1.96 bits per heavy atom. The van der Waals surface area contributed by atoms with Crippen LogP contribution < -0.4 is 4.74 Å². The molecule has 0 aliphatic carbocycles. The van der Waals surface area contributed by atoms with E-state index in [2.05, 4.69) is 4.98 Å². The van der Waals surface area contributed by atoms with E-state index in [0.29, 0.717) is 12.1 Å². The summed E-state index contributed by atoms with van der Waals surface area (Å²) in [4.78, 5) is 29.3. The van der Waals surface area contributed by atoms with Crippen molar-refractivity contribution >= 4 is 11.9 Å². The second-order valence-electron chi connectivity index (χ2n) is 5.67. The van der Waals surface area contributed by atoms with Crippen molar-refractivity contribution in [2.75, 3.05) is 13.7 Å². The van der Waals surface area contributed by atoms with Gasteiger partial charge in [-0.15, -0.1) is 0 Å². The molecule has 1 N–H and O–H groups in total. The van der Waals surface area contributed by atoms with Crippen LogP contribution in [0.3, 0.4) is 0 Å². The maximum Gasteiger partial charge on any atom is 0.354 e. The Kier molecular flexibility index (Phi) is 4.46. The lowest BCUT2D eigenvalue weighted by Gasteiger charge is -2.25. The SMILES string of the molecule is COc1ccc([C@H]2CCCN2C(=O)c2ccc(C(=O)O)nc2)cc1. The number of ether oxygens (including phenoxy) is 1. The summed E-state index contributed by atoms with van der Waals surface area (Å²) in [7, 11) is 1.62. The Bertz CT molecular complexity index is 741. The zero-order valence-corrected chi connectivity index (χ0v) is 13.3. The second-order valence-corrected chi connectivity index (χ2v) is 5.67. The molecule has 1 aromatic heterocycles. The third-order valence-corrected chi connectivity index (χ3v) is 4.24. The highest BCUT2D eigenvalue weighted by Crippen LogP contribution is 2.33. The van der Waals surface area contributed by atoms with Crippen LogP contribution in [0.2, 0.25) is 0 Å². The first-order chi connectivity index (χ1) is 11.6. The van der Waals surface area contributed by atoms with Gasteiger partial charge in [-0.2, -0.15) is 0 Å². The van der Waals surface area contributed by atoms with Gasteiger partial charge in [0, 0.05) is 12.7 Å². The fourth-order valence-electron chi connectivity index (χ4n) is 3.00. The number of likely N-dealkylation sites (tertiary alicyclic amines) is 1. The molecule has 0 unspecified atom stereocenters. The zero-order chi connectivity index (χ0) is 17.1. The molecule has 124 valence electrons. The van der Waals surface area contributed by atoms with Crippen molar-refractivity contribution in [2.45, 2.75) is 18.9 Å². The normalized spacial score (nSPS) is 16.9. The number of carbonyl (C=O) groups excluding carboxylic acids is 1. The lowest BCUT2D eigenvalue weighted by Crippen LogP contribution is -2.30. The highest BCUT2D eigenvalue weighted by Gasteiger charge is 2.30. The highest BCUT2D eigenvalue weighted by atomic mass is 16.5. The van der Waals surface area contributed by atoms with Crippen LogP contribution in [0.4, 0.5) is 0 Å². The summed E-state index contributed by atoms with van der Waals surface area (Å²) >= 11 is 0. The second kappa shape index (κ2) is 6.70. The number of nitrogens with zero attached hydrogens (tertiary/aromatic N) is 2. The number of methoxy groups -OCH3 is 1. The lowest BCUT2D eigenvalue weighted by atomic mass is 10.0. The molecule has 1 aromatic carbocycles. The topological polar surface area (TPSA) is 79.7 Å². The largest absolute Gasteiger partial charge is 0.497 e. The quantitative estimate of drug-likeness (QED) is 0.934. The van der Waals surface area contributed by atoms with Crippen LogP contribution in [0, 0.1) is 0 Å². The van der Waals surface area contributed by atoms with Crippen molar-refractivity contribution in [3.05, 3.63) is 59.4 Å². The van der Waals surface area contributed by atoms with Gasteiger partial charge in [0.2, 0.25) is 0 Å². The summed E-state index contributed by atoms with van der Waals surface area (Å²) in [6.45, 7) is 0.677. The van der Waals surface area contributed by atoms with Crippen molar-refractivity contribution in [3.8, 4) is 5.75 Å². The minimum absolute atomic E-state index is 0.0163. The fraction of sp³-hybridized carbons (Fsp3) is 0.278. The van der Waals surface area contributed by atoms with E-state index in [9.17, 15) is 9.59 Å². The molecular weight excluding hydrogens is 308 g/mol. The van der Waals surface area contributed by atoms with Gasteiger partial charge >= 0.3 is 5.97 Å². The summed E-state index contributed by atoms with van der Waals surface area (Å²) in [6, 6.07) is 10.6. The molecule has 6 heteroatoms. The maximum atomic E-state index is 12.7. The molecular formula is C18H18N2O4. The molecule has 1 aliphatic rings. The molecule has 0 saturated carbocycles. The summed E-state index contributed by atoms with van der Waals surface area (Å²) in [5.41, 5.74) is 1.40. The molecule has 2 heterocycles. The molecule has 0 bridgehead atoms. The number of benzene rings is 1. The number of carboxylic acids is 1. The minimum atomic E-state index is -1.11. The number of rotatable bonds is 4. The molecule has 6 nitrogen and oxygen atoms in total.